The fourth-order valence-corrected chi connectivity index (χ4v) is 3.42. The van der Waals surface area contributed by atoms with Gasteiger partial charge in [0.15, 0.2) is 11.1 Å². The maximum absolute atomic E-state index is 11.0. The first-order chi connectivity index (χ1) is 13.2. The summed E-state index contributed by atoms with van der Waals surface area (Å²) in [5.74, 6) is 0.908. The zero-order chi connectivity index (χ0) is 18.6. The van der Waals surface area contributed by atoms with Gasteiger partial charge in [-0.15, -0.1) is 0 Å². The molecule has 0 aliphatic heterocycles. The van der Waals surface area contributed by atoms with Gasteiger partial charge in [-0.3, -0.25) is 4.98 Å². The molecule has 134 valence electrons. The minimum absolute atomic E-state index is 0.118. The fourth-order valence-electron chi connectivity index (χ4n) is 2.94. The number of benzene rings is 2. The zero-order valence-electron chi connectivity index (χ0n) is 14.4. The highest BCUT2D eigenvalue weighted by molar-refractivity contribution is 7.78. The lowest BCUT2D eigenvalue weighted by atomic mass is 10.0. The molecule has 1 unspecified atom stereocenters. The molecule has 6 heteroatoms. The minimum atomic E-state index is -1.85. The van der Waals surface area contributed by atoms with Gasteiger partial charge in [0, 0.05) is 29.1 Å². The number of nitrogens with zero attached hydrogens (tertiary/aromatic N) is 2. The van der Waals surface area contributed by atoms with E-state index in [1.807, 2.05) is 66.7 Å². The Labute approximate surface area is 159 Å². The number of hydrogen-bond donors (Lipinski definition) is 2. The third kappa shape index (κ3) is 3.86. The van der Waals surface area contributed by atoms with E-state index in [1.165, 1.54) is 0 Å². The highest BCUT2D eigenvalue weighted by atomic mass is 32.2. The van der Waals surface area contributed by atoms with E-state index in [4.69, 9.17) is 9.54 Å². The van der Waals surface area contributed by atoms with Crippen LogP contribution in [-0.2, 0) is 16.8 Å². The second-order valence-corrected chi connectivity index (χ2v) is 7.01. The second kappa shape index (κ2) is 7.65. The molecule has 0 saturated carbocycles. The van der Waals surface area contributed by atoms with Crippen molar-refractivity contribution in [3.63, 3.8) is 0 Å². The molecule has 2 heterocycles. The second-order valence-electron chi connectivity index (χ2n) is 6.07. The summed E-state index contributed by atoms with van der Waals surface area (Å²) in [4.78, 5) is 12.4. The highest BCUT2D eigenvalue weighted by Crippen LogP contribution is 2.32. The Morgan fingerprint density at radius 1 is 0.852 bits per heavy atom. The molecular formula is C21H17N3O2S. The number of rotatable bonds is 5. The third-order valence-corrected chi connectivity index (χ3v) is 4.82. The van der Waals surface area contributed by atoms with E-state index >= 15 is 0 Å². The molecule has 0 bridgehead atoms. The van der Waals surface area contributed by atoms with E-state index < -0.39 is 11.1 Å². The van der Waals surface area contributed by atoms with Crippen molar-refractivity contribution < 1.29 is 8.76 Å². The van der Waals surface area contributed by atoms with E-state index in [-0.39, 0.29) is 5.75 Å². The molecule has 2 aromatic heterocycles. The van der Waals surface area contributed by atoms with Crippen LogP contribution in [0.3, 0.4) is 0 Å². The molecule has 0 fully saturated rings. The summed E-state index contributed by atoms with van der Waals surface area (Å²) in [5.41, 5.74) is 5.49. The Bertz CT molecular complexity index is 1060. The number of pyridine rings is 1. The topological polar surface area (TPSA) is 78.9 Å². The van der Waals surface area contributed by atoms with Gasteiger partial charge in [-0.2, -0.15) is 0 Å². The van der Waals surface area contributed by atoms with Gasteiger partial charge in [0.25, 0.3) is 0 Å². The monoisotopic (exact) mass is 375 g/mol. The van der Waals surface area contributed by atoms with Crippen LogP contribution in [0, 0.1) is 0 Å². The molecule has 4 rings (SSSR count). The predicted molar refractivity (Wildman–Crippen MR) is 107 cm³/mol. The van der Waals surface area contributed by atoms with Crippen molar-refractivity contribution >= 4 is 11.1 Å². The summed E-state index contributed by atoms with van der Waals surface area (Å²) in [6.45, 7) is 0. The van der Waals surface area contributed by atoms with Crippen molar-refractivity contribution in [1.29, 1.82) is 0 Å². The molecule has 2 N–H and O–H groups in total. The standard InChI is InChI=1S/C21H17N3O2S/c25-27(26)14-15-6-8-16(9-7-15)19-20(17-10-12-22-13-11-17)24-21(23-19)18-4-2-1-3-5-18/h1-13H,14H2,(H,23,24)(H,25,26). The van der Waals surface area contributed by atoms with Gasteiger partial charge in [-0.25, -0.2) is 9.19 Å². The largest absolute Gasteiger partial charge is 0.337 e. The Balaban J connectivity index is 1.81. The van der Waals surface area contributed by atoms with Gasteiger partial charge in [0.05, 0.1) is 17.1 Å². The first-order valence-corrected chi connectivity index (χ1v) is 9.71. The predicted octanol–water partition coefficient (Wildman–Crippen LogP) is 4.53. The van der Waals surface area contributed by atoms with Crippen LogP contribution in [0.25, 0.3) is 33.9 Å². The van der Waals surface area contributed by atoms with Gasteiger partial charge in [-0.1, -0.05) is 54.6 Å². The van der Waals surface area contributed by atoms with Crippen molar-refractivity contribution in [2.24, 2.45) is 0 Å². The normalized spacial score (nSPS) is 12.0. The number of nitrogens with one attached hydrogen (secondary N) is 1. The highest BCUT2D eigenvalue weighted by Gasteiger charge is 2.15. The molecule has 0 aliphatic rings. The number of hydrogen-bond acceptors (Lipinski definition) is 3. The van der Waals surface area contributed by atoms with Gasteiger partial charge in [0.2, 0.25) is 0 Å². The molecule has 4 aromatic rings. The Kier molecular flexibility index (Phi) is 4.91. The summed E-state index contributed by atoms with van der Waals surface area (Å²) in [6, 6.07) is 21.4. The van der Waals surface area contributed by atoms with Gasteiger partial charge in [-0.05, 0) is 17.7 Å². The fraction of sp³-hybridized carbons (Fsp3) is 0.0476. The number of H-pyrrole nitrogens is 1. The summed E-state index contributed by atoms with van der Waals surface area (Å²) in [6.07, 6.45) is 3.50. The van der Waals surface area contributed by atoms with Crippen LogP contribution < -0.4 is 0 Å². The first kappa shape index (κ1) is 17.3. The molecule has 0 spiro atoms. The van der Waals surface area contributed by atoms with Gasteiger partial charge in [0.1, 0.15) is 5.82 Å². The van der Waals surface area contributed by atoms with E-state index in [0.29, 0.717) is 0 Å². The summed E-state index contributed by atoms with van der Waals surface area (Å²) in [5, 5.41) is 0. The van der Waals surface area contributed by atoms with Crippen molar-refractivity contribution in [2.45, 2.75) is 5.75 Å². The van der Waals surface area contributed by atoms with Crippen LogP contribution in [0.1, 0.15) is 5.56 Å². The maximum Gasteiger partial charge on any atom is 0.157 e. The smallest absolute Gasteiger partial charge is 0.157 e. The summed E-state index contributed by atoms with van der Waals surface area (Å²) < 4.78 is 20.1. The Morgan fingerprint density at radius 3 is 2.22 bits per heavy atom. The minimum Gasteiger partial charge on any atom is -0.337 e. The zero-order valence-corrected chi connectivity index (χ0v) is 15.2. The maximum atomic E-state index is 11.0. The van der Waals surface area contributed by atoms with E-state index in [0.717, 1.165) is 39.5 Å². The lowest BCUT2D eigenvalue weighted by molar-refractivity contribution is 0.563. The molecule has 0 aliphatic carbocycles. The third-order valence-electron chi connectivity index (χ3n) is 4.24. The van der Waals surface area contributed by atoms with Crippen LogP contribution in [-0.4, -0.2) is 23.7 Å². The first-order valence-electron chi connectivity index (χ1n) is 8.43. The lowest BCUT2D eigenvalue weighted by Crippen LogP contribution is -1.92. The van der Waals surface area contributed by atoms with Crippen LogP contribution in [0.15, 0.2) is 79.1 Å². The van der Waals surface area contributed by atoms with Crippen molar-refractivity contribution in [3.05, 3.63) is 84.7 Å². The molecule has 0 radical (unpaired) electrons. The van der Waals surface area contributed by atoms with Crippen molar-refractivity contribution in [1.82, 2.24) is 15.0 Å². The van der Waals surface area contributed by atoms with Crippen LogP contribution in [0.2, 0.25) is 0 Å². The SMILES string of the molecule is O=S(O)Cc1ccc(-c2nc(-c3ccccc3)[nH]c2-c2ccncc2)cc1. The number of imidazole rings is 1. The molecule has 1 atom stereocenters. The van der Waals surface area contributed by atoms with Crippen molar-refractivity contribution in [3.8, 4) is 33.9 Å². The lowest BCUT2D eigenvalue weighted by Gasteiger charge is -2.04. The Hall–Kier alpha value is -3.09. The van der Waals surface area contributed by atoms with Crippen molar-refractivity contribution in [2.75, 3.05) is 0 Å². The van der Waals surface area contributed by atoms with E-state index in [2.05, 4.69) is 9.97 Å². The molecule has 2 aromatic carbocycles. The molecule has 0 saturated heterocycles. The molecule has 5 nitrogen and oxygen atoms in total. The average molecular weight is 375 g/mol. The molecule has 0 amide bonds. The number of aromatic nitrogens is 3. The van der Waals surface area contributed by atoms with Gasteiger partial charge < -0.3 is 9.54 Å². The van der Waals surface area contributed by atoms with Crippen LogP contribution in [0.4, 0.5) is 0 Å². The Morgan fingerprint density at radius 2 is 1.56 bits per heavy atom. The van der Waals surface area contributed by atoms with Crippen LogP contribution >= 0.6 is 0 Å². The van der Waals surface area contributed by atoms with Crippen LogP contribution in [0.5, 0.6) is 0 Å². The van der Waals surface area contributed by atoms with E-state index in [1.54, 1.807) is 12.4 Å². The number of aromatic amines is 1. The van der Waals surface area contributed by atoms with E-state index in [9.17, 15) is 4.21 Å². The summed E-state index contributed by atoms with van der Waals surface area (Å²) >= 11 is -1.85. The quantitative estimate of drug-likeness (QED) is 0.503. The van der Waals surface area contributed by atoms with Gasteiger partial charge >= 0.3 is 0 Å². The molecular weight excluding hydrogens is 358 g/mol. The molecule has 27 heavy (non-hydrogen) atoms. The average Bonchev–Trinajstić information content (AvgIpc) is 3.15. The summed E-state index contributed by atoms with van der Waals surface area (Å²) in [7, 11) is 0.